The number of aliphatic carboxylic acids is 1. The monoisotopic (exact) mass is 523 g/mol. The van der Waals surface area contributed by atoms with Gasteiger partial charge in [-0.15, -0.1) is 0 Å². The van der Waals surface area contributed by atoms with Crippen molar-refractivity contribution in [3.63, 3.8) is 0 Å². The van der Waals surface area contributed by atoms with Crippen molar-refractivity contribution >= 4 is 23.5 Å². The number of benzene rings is 2. The molecule has 0 spiro atoms. The Balaban J connectivity index is 0.00000118. The number of nitrogens with zero attached hydrogens (tertiary/aromatic N) is 4. The van der Waals surface area contributed by atoms with E-state index in [4.69, 9.17) is 24.4 Å². The predicted octanol–water partition coefficient (Wildman–Crippen LogP) is 4.03. The Morgan fingerprint density at radius 1 is 1.11 bits per heavy atom. The molecule has 2 aromatic rings. The molecule has 3 rings (SSSR count). The SMILES string of the molecule is CC(=O)O.COc1ccc(C(=O)N2CCN(C(=Nc3ccccc3C)NC#N)CC2C(C)(C)C)cc1OC. The molecule has 0 radical (unpaired) electrons. The van der Waals surface area contributed by atoms with Gasteiger partial charge in [-0.1, -0.05) is 39.0 Å². The third-order valence-corrected chi connectivity index (χ3v) is 6.08. The lowest BCUT2D eigenvalue weighted by molar-refractivity contribution is -0.134. The molecule has 1 unspecified atom stereocenters. The largest absolute Gasteiger partial charge is 0.493 e. The van der Waals surface area contributed by atoms with Crippen molar-refractivity contribution in [2.45, 2.75) is 40.7 Å². The Labute approximate surface area is 224 Å². The van der Waals surface area contributed by atoms with Gasteiger partial charge in [-0.25, -0.2) is 4.99 Å². The van der Waals surface area contributed by atoms with Crippen LogP contribution in [0.3, 0.4) is 0 Å². The first-order valence-corrected chi connectivity index (χ1v) is 12.2. The topological polar surface area (TPSA) is 127 Å². The number of ether oxygens (including phenoxy) is 2. The fraction of sp³-hybridized carbons (Fsp3) is 0.429. The maximum Gasteiger partial charge on any atom is 0.300 e. The molecule has 0 saturated carbocycles. The second-order valence-corrected chi connectivity index (χ2v) is 9.87. The predicted molar refractivity (Wildman–Crippen MR) is 146 cm³/mol. The molecule has 1 saturated heterocycles. The van der Waals surface area contributed by atoms with E-state index in [0.717, 1.165) is 18.2 Å². The average molecular weight is 524 g/mol. The minimum absolute atomic E-state index is 0.0637. The van der Waals surface area contributed by atoms with Crippen LogP contribution in [0.2, 0.25) is 0 Å². The van der Waals surface area contributed by atoms with Gasteiger partial charge in [0.1, 0.15) is 0 Å². The number of carbonyl (C=O) groups excluding carboxylic acids is 1. The van der Waals surface area contributed by atoms with Crippen molar-refractivity contribution < 1.29 is 24.2 Å². The van der Waals surface area contributed by atoms with E-state index in [1.807, 2.05) is 47.2 Å². The van der Waals surface area contributed by atoms with Gasteiger partial charge in [0.25, 0.3) is 11.9 Å². The number of aliphatic imine (C=N–C) groups is 1. The van der Waals surface area contributed by atoms with E-state index >= 15 is 0 Å². The van der Waals surface area contributed by atoms with Gasteiger partial charge in [0.2, 0.25) is 5.96 Å². The summed E-state index contributed by atoms with van der Waals surface area (Å²) in [4.78, 5) is 31.3. The van der Waals surface area contributed by atoms with Crippen molar-refractivity contribution in [3.05, 3.63) is 53.6 Å². The number of rotatable bonds is 4. The van der Waals surface area contributed by atoms with Gasteiger partial charge in [-0.3, -0.25) is 14.9 Å². The van der Waals surface area contributed by atoms with Crippen LogP contribution in [0.4, 0.5) is 5.69 Å². The number of para-hydroxylation sites is 1. The normalized spacial score (nSPS) is 15.5. The van der Waals surface area contributed by atoms with E-state index in [9.17, 15) is 10.1 Å². The minimum Gasteiger partial charge on any atom is -0.493 e. The Hall–Kier alpha value is -4.26. The lowest BCUT2D eigenvalue weighted by atomic mass is 9.83. The molecule has 1 aliphatic rings. The molecule has 1 atom stereocenters. The van der Waals surface area contributed by atoms with Crippen LogP contribution in [-0.4, -0.2) is 72.6 Å². The summed E-state index contributed by atoms with van der Waals surface area (Å²) in [5, 5.41) is 19.5. The van der Waals surface area contributed by atoms with Crippen LogP contribution in [0, 0.1) is 23.8 Å². The van der Waals surface area contributed by atoms with Crippen molar-refractivity contribution in [3.8, 4) is 17.7 Å². The highest BCUT2D eigenvalue weighted by Gasteiger charge is 2.39. The molecule has 1 amide bonds. The Bertz CT molecular complexity index is 1190. The minimum atomic E-state index is -0.833. The van der Waals surface area contributed by atoms with E-state index in [0.29, 0.717) is 42.7 Å². The van der Waals surface area contributed by atoms with E-state index in [-0.39, 0.29) is 17.4 Å². The zero-order chi connectivity index (χ0) is 28.5. The Morgan fingerprint density at radius 2 is 1.74 bits per heavy atom. The molecule has 10 heteroatoms. The first-order valence-electron chi connectivity index (χ1n) is 12.2. The van der Waals surface area contributed by atoms with Gasteiger partial charge in [-0.05, 0) is 42.2 Å². The second kappa shape index (κ2) is 13.3. The Kier molecular flexibility index (Phi) is 10.5. The third kappa shape index (κ3) is 7.87. The zero-order valence-corrected chi connectivity index (χ0v) is 23.1. The van der Waals surface area contributed by atoms with Crippen LogP contribution in [0.25, 0.3) is 0 Å². The lowest BCUT2D eigenvalue weighted by Gasteiger charge is -2.47. The average Bonchev–Trinajstić information content (AvgIpc) is 2.87. The van der Waals surface area contributed by atoms with Gasteiger partial charge in [0, 0.05) is 32.1 Å². The van der Waals surface area contributed by atoms with Crippen molar-refractivity contribution in [2.24, 2.45) is 10.4 Å². The number of carbonyl (C=O) groups is 2. The summed E-state index contributed by atoms with van der Waals surface area (Å²) >= 11 is 0. The third-order valence-electron chi connectivity index (χ3n) is 6.08. The van der Waals surface area contributed by atoms with Crippen LogP contribution in [-0.2, 0) is 4.79 Å². The summed E-state index contributed by atoms with van der Waals surface area (Å²) in [6, 6.07) is 12.9. The van der Waals surface area contributed by atoms with E-state index in [2.05, 4.69) is 26.1 Å². The smallest absolute Gasteiger partial charge is 0.300 e. The van der Waals surface area contributed by atoms with Gasteiger partial charge in [0.05, 0.1) is 25.9 Å². The molecule has 0 aromatic heterocycles. The van der Waals surface area contributed by atoms with Crippen LogP contribution < -0.4 is 14.8 Å². The number of hydrogen-bond acceptors (Lipinski definition) is 6. The molecule has 1 heterocycles. The molecule has 0 aliphatic carbocycles. The van der Waals surface area contributed by atoms with Crippen LogP contribution >= 0.6 is 0 Å². The van der Waals surface area contributed by atoms with Gasteiger partial charge < -0.3 is 24.4 Å². The number of carboxylic acids is 1. The standard InChI is InChI=1S/C26H33N5O3.C2H4O2/c1-18-9-7-8-10-20(18)29-25(28-17-27)30-13-14-31(23(16-30)26(2,3)4)24(32)19-11-12-21(33-5)22(15-19)34-6;1-2(3)4/h7-12,15,23H,13-14,16H2,1-6H3,(H,28,29);1H3,(H,3,4). The second-order valence-electron chi connectivity index (χ2n) is 9.87. The van der Waals surface area contributed by atoms with Crippen LogP contribution in [0.15, 0.2) is 47.5 Å². The molecule has 1 fully saturated rings. The summed E-state index contributed by atoms with van der Waals surface area (Å²) in [7, 11) is 3.12. The number of piperazine rings is 1. The quantitative estimate of drug-likeness (QED) is 0.266. The number of hydrogen-bond donors (Lipinski definition) is 2. The number of carboxylic acid groups (broad SMARTS) is 1. The van der Waals surface area contributed by atoms with Gasteiger partial charge in [-0.2, -0.15) is 5.26 Å². The first-order chi connectivity index (χ1) is 17.9. The summed E-state index contributed by atoms with van der Waals surface area (Å²) in [6.45, 7) is 11.0. The summed E-state index contributed by atoms with van der Waals surface area (Å²) in [6.07, 6.45) is 2.01. The molecule has 2 N–H and O–H groups in total. The Morgan fingerprint density at radius 3 is 2.29 bits per heavy atom. The maximum atomic E-state index is 13.6. The number of guanidine groups is 1. The van der Waals surface area contributed by atoms with Crippen LogP contribution in [0.1, 0.15) is 43.6 Å². The van der Waals surface area contributed by atoms with Crippen molar-refractivity contribution in [1.82, 2.24) is 15.1 Å². The van der Waals surface area contributed by atoms with Crippen LogP contribution in [0.5, 0.6) is 11.5 Å². The molecule has 0 bridgehead atoms. The number of aryl methyl sites for hydroxylation is 1. The van der Waals surface area contributed by atoms with Crippen molar-refractivity contribution in [1.29, 1.82) is 5.26 Å². The number of methoxy groups -OCH3 is 2. The summed E-state index contributed by atoms with van der Waals surface area (Å²) in [5.74, 6) is 0.691. The number of nitriles is 1. The first kappa shape index (κ1) is 30.0. The zero-order valence-electron chi connectivity index (χ0n) is 23.1. The fourth-order valence-electron chi connectivity index (χ4n) is 4.13. The molecule has 204 valence electrons. The molecule has 10 nitrogen and oxygen atoms in total. The maximum absolute atomic E-state index is 13.6. The van der Waals surface area contributed by atoms with Gasteiger partial charge in [0.15, 0.2) is 17.7 Å². The highest BCUT2D eigenvalue weighted by molar-refractivity contribution is 5.95. The molecular weight excluding hydrogens is 486 g/mol. The summed E-state index contributed by atoms with van der Waals surface area (Å²) < 4.78 is 10.7. The fourth-order valence-corrected chi connectivity index (χ4v) is 4.13. The van der Waals surface area contributed by atoms with Crippen molar-refractivity contribution in [2.75, 3.05) is 33.9 Å². The highest BCUT2D eigenvalue weighted by Crippen LogP contribution is 2.32. The van der Waals surface area contributed by atoms with Gasteiger partial charge >= 0.3 is 0 Å². The number of amides is 1. The van der Waals surface area contributed by atoms with E-state index < -0.39 is 5.97 Å². The molecule has 2 aromatic carbocycles. The van der Waals surface area contributed by atoms with E-state index in [1.54, 1.807) is 32.4 Å². The molecule has 1 aliphatic heterocycles. The molecular formula is C28H37N5O5. The molecule has 38 heavy (non-hydrogen) atoms. The van der Waals surface area contributed by atoms with E-state index in [1.165, 1.54) is 0 Å². The lowest BCUT2D eigenvalue weighted by Crippen LogP contribution is -2.61. The summed E-state index contributed by atoms with van der Waals surface area (Å²) in [5.41, 5.74) is 2.17. The number of nitrogens with one attached hydrogen (secondary N) is 1. The highest BCUT2D eigenvalue weighted by atomic mass is 16.5.